The van der Waals surface area contributed by atoms with Gasteiger partial charge in [0.2, 0.25) is 11.1 Å². The van der Waals surface area contributed by atoms with Gasteiger partial charge in [0.25, 0.3) is 0 Å². The Balaban J connectivity index is 3.25. The predicted octanol–water partition coefficient (Wildman–Crippen LogP) is 2.99. The fraction of sp³-hybridized carbons (Fsp3) is 0.750. The summed E-state index contributed by atoms with van der Waals surface area (Å²) >= 11 is -1.18. The van der Waals surface area contributed by atoms with Crippen LogP contribution in [-0.4, -0.2) is 21.5 Å². The smallest absolute Gasteiger partial charge is 0.202 e. The van der Waals surface area contributed by atoms with Gasteiger partial charge < -0.3 is 4.18 Å². The molecule has 13 heavy (non-hydrogen) atoms. The maximum absolute atomic E-state index is 10.5. The molecule has 0 amide bonds. The molecule has 0 heterocycles. The average molecular weight is 240 g/mol. The Hall–Kier alpha value is 0.390. The van der Waals surface area contributed by atoms with Crippen LogP contribution >= 0.6 is 21.6 Å². The zero-order valence-corrected chi connectivity index (χ0v) is 10.6. The molecule has 0 saturated carbocycles. The van der Waals surface area contributed by atoms with Gasteiger partial charge >= 0.3 is 0 Å². The van der Waals surface area contributed by atoms with Crippen LogP contribution in [0.2, 0.25) is 0 Å². The summed E-state index contributed by atoms with van der Waals surface area (Å²) < 4.78 is 15.2. The molecule has 2 unspecified atom stereocenters. The quantitative estimate of drug-likeness (QED) is 0.388. The minimum atomic E-state index is -1.18. The van der Waals surface area contributed by atoms with Gasteiger partial charge in [-0.2, -0.15) is 0 Å². The van der Waals surface area contributed by atoms with Gasteiger partial charge in [0, 0.05) is 17.3 Å². The van der Waals surface area contributed by atoms with E-state index in [0.29, 0.717) is 5.25 Å². The van der Waals surface area contributed by atoms with Crippen molar-refractivity contribution in [1.29, 1.82) is 0 Å². The Morgan fingerprint density at radius 1 is 1.62 bits per heavy atom. The highest BCUT2D eigenvalue weighted by atomic mass is 33.1. The lowest BCUT2D eigenvalue weighted by atomic mass is 10.4. The molecule has 0 aromatic carbocycles. The Kier molecular flexibility index (Phi) is 9.23. The Labute approximate surface area is 90.9 Å². The predicted molar refractivity (Wildman–Crippen MR) is 64.1 cm³/mol. The summed E-state index contributed by atoms with van der Waals surface area (Å²) in [5.41, 5.74) is 0. The molecular weight excluding hydrogens is 224 g/mol. The molecule has 0 N–H and O–H groups in total. The summed E-state index contributed by atoms with van der Waals surface area (Å²) in [7, 11) is 3.66. The second-order valence-corrected chi connectivity index (χ2v) is 6.31. The van der Waals surface area contributed by atoms with Crippen molar-refractivity contribution in [2.45, 2.75) is 25.5 Å². The third-order valence-corrected chi connectivity index (χ3v) is 4.57. The van der Waals surface area contributed by atoms with Crippen molar-refractivity contribution in [3.63, 3.8) is 0 Å². The molecule has 0 rings (SSSR count). The lowest BCUT2D eigenvalue weighted by molar-refractivity contribution is 0.510. The Bertz CT molecular complexity index is 171. The molecular formula is C8H16O2S3. The third-order valence-electron chi connectivity index (χ3n) is 1.26. The van der Waals surface area contributed by atoms with E-state index in [-0.39, 0.29) is 0 Å². The normalized spacial score (nSPS) is 15.9. The van der Waals surface area contributed by atoms with Gasteiger partial charge in [-0.05, 0) is 12.5 Å². The molecule has 0 aromatic heterocycles. The van der Waals surface area contributed by atoms with Crippen LogP contribution in [0.15, 0.2) is 12.3 Å². The molecule has 5 heteroatoms. The third kappa shape index (κ3) is 10.3. The van der Waals surface area contributed by atoms with Crippen molar-refractivity contribution in [1.82, 2.24) is 0 Å². The maximum atomic E-state index is 10.5. The van der Waals surface area contributed by atoms with Crippen LogP contribution in [0.25, 0.3) is 0 Å². The SMILES string of the molecule is CCC(C)SSC/C=C/OS(C)=O. The van der Waals surface area contributed by atoms with Crippen molar-refractivity contribution in [3.8, 4) is 0 Å². The van der Waals surface area contributed by atoms with Crippen molar-refractivity contribution < 1.29 is 8.39 Å². The molecule has 0 radical (unpaired) electrons. The monoisotopic (exact) mass is 240 g/mol. The van der Waals surface area contributed by atoms with E-state index in [1.54, 1.807) is 10.8 Å². The first kappa shape index (κ1) is 13.4. The molecule has 2 nitrogen and oxygen atoms in total. The largest absolute Gasteiger partial charge is 0.409 e. The van der Waals surface area contributed by atoms with Crippen LogP contribution in [0, 0.1) is 0 Å². The van der Waals surface area contributed by atoms with Crippen molar-refractivity contribution >= 4 is 32.7 Å². The van der Waals surface area contributed by atoms with E-state index in [1.807, 2.05) is 16.9 Å². The molecule has 0 aromatic rings. The van der Waals surface area contributed by atoms with E-state index in [9.17, 15) is 4.21 Å². The van der Waals surface area contributed by atoms with Crippen LogP contribution in [0.3, 0.4) is 0 Å². The summed E-state index contributed by atoms with van der Waals surface area (Å²) in [5.74, 6) is 0.895. The number of rotatable bonds is 7. The zero-order chi connectivity index (χ0) is 10.1. The van der Waals surface area contributed by atoms with Crippen LogP contribution in [-0.2, 0) is 15.3 Å². The standard InChI is InChI=1S/C8H16O2S3/c1-4-8(2)12-11-7-5-6-10-13(3)9/h5-6,8H,4,7H2,1-3H3/b6-5+. The maximum Gasteiger partial charge on any atom is 0.202 e. The number of hydrogen-bond acceptors (Lipinski definition) is 4. The van der Waals surface area contributed by atoms with E-state index in [1.165, 1.54) is 18.9 Å². The first-order valence-electron chi connectivity index (χ1n) is 4.10. The second-order valence-electron chi connectivity index (χ2n) is 2.47. The molecule has 0 fully saturated rings. The van der Waals surface area contributed by atoms with Gasteiger partial charge in [-0.15, -0.1) is 0 Å². The van der Waals surface area contributed by atoms with Crippen LogP contribution < -0.4 is 0 Å². The molecule has 0 bridgehead atoms. The first-order valence-corrected chi connectivity index (χ1v) is 7.97. The highest BCUT2D eigenvalue weighted by Gasteiger charge is 1.97. The zero-order valence-electron chi connectivity index (χ0n) is 8.19. The summed E-state index contributed by atoms with van der Waals surface area (Å²) in [6.07, 6.45) is 6.07. The molecule has 0 saturated heterocycles. The molecule has 0 aliphatic rings. The summed E-state index contributed by atoms with van der Waals surface area (Å²) in [6.45, 7) is 4.39. The van der Waals surface area contributed by atoms with Crippen LogP contribution in [0.5, 0.6) is 0 Å². The van der Waals surface area contributed by atoms with Crippen molar-refractivity contribution in [3.05, 3.63) is 12.3 Å². The van der Waals surface area contributed by atoms with E-state index in [2.05, 4.69) is 13.8 Å². The van der Waals surface area contributed by atoms with E-state index < -0.39 is 11.1 Å². The fourth-order valence-corrected chi connectivity index (χ4v) is 2.84. The second kappa shape index (κ2) is 8.97. The minimum absolute atomic E-state index is 0.694. The van der Waals surface area contributed by atoms with Crippen molar-refractivity contribution in [2.24, 2.45) is 0 Å². The van der Waals surface area contributed by atoms with Gasteiger partial charge in [0.15, 0.2) is 0 Å². The van der Waals surface area contributed by atoms with Crippen LogP contribution in [0.1, 0.15) is 20.3 Å². The molecule has 0 aliphatic heterocycles. The van der Waals surface area contributed by atoms with E-state index in [0.717, 1.165) is 5.75 Å². The summed E-state index contributed by atoms with van der Waals surface area (Å²) in [5, 5.41) is 0.694. The number of hydrogen-bond donors (Lipinski definition) is 0. The van der Waals surface area contributed by atoms with Crippen molar-refractivity contribution in [2.75, 3.05) is 12.0 Å². The van der Waals surface area contributed by atoms with E-state index in [4.69, 9.17) is 4.18 Å². The molecule has 0 spiro atoms. The summed E-state index contributed by atoms with van der Waals surface area (Å²) in [6, 6.07) is 0. The Morgan fingerprint density at radius 3 is 2.85 bits per heavy atom. The highest BCUT2D eigenvalue weighted by Crippen LogP contribution is 2.27. The first-order chi connectivity index (χ1) is 6.16. The topological polar surface area (TPSA) is 26.3 Å². The molecule has 2 atom stereocenters. The minimum Gasteiger partial charge on any atom is -0.409 e. The lowest BCUT2D eigenvalue weighted by Crippen LogP contribution is -1.88. The lowest BCUT2D eigenvalue weighted by Gasteiger charge is -2.04. The average Bonchev–Trinajstić information content (AvgIpc) is 2.10. The Morgan fingerprint density at radius 2 is 2.31 bits per heavy atom. The molecule has 78 valence electrons. The molecule has 0 aliphatic carbocycles. The van der Waals surface area contributed by atoms with Crippen LogP contribution in [0.4, 0.5) is 0 Å². The van der Waals surface area contributed by atoms with Gasteiger partial charge in [-0.3, -0.25) is 0 Å². The highest BCUT2D eigenvalue weighted by molar-refractivity contribution is 8.77. The fourth-order valence-electron chi connectivity index (χ4n) is 0.420. The summed E-state index contributed by atoms with van der Waals surface area (Å²) in [4.78, 5) is 0. The van der Waals surface area contributed by atoms with Gasteiger partial charge in [-0.25, -0.2) is 4.21 Å². The van der Waals surface area contributed by atoms with Gasteiger partial charge in [-0.1, -0.05) is 35.4 Å². The van der Waals surface area contributed by atoms with Gasteiger partial charge in [0.1, 0.15) is 6.26 Å². The van der Waals surface area contributed by atoms with E-state index >= 15 is 0 Å². The van der Waals surface area contributed by atoms with Gasteiger partial charge in [0.05, 0.1) is 0 Å².